The minimum absolute atomic E-state index is 0.217. The number of carbonyl (C=O) groups excluding carboxylic acids is 1. The Hall–Kier alpha value is -1.75. The topological polar surface area (TPSA) is 70.0 Å². The molecule has 16 heavy (non-hydrogen) atoms. The van der Waals surface area contributed by atoms with Crippen LogP contribution in [0.1, 0.15) is 10.4 Å². The number of benzene rings is 1. The minimum Gasteiger partial charge on any atom is -0.504 e. The number of aromatic hydroxyl groups is 2. The average Bonchev–Trinajstić information content (AvgIpc) is 2.21. The van der Waals surface area contributed by atoms with Gasteiger partial charge in [0.2, 0.25) is 0 Å². The van der Waals surface area contributed by atoms with Crippen molar-refractivity contribution in [1.82, 2.24) is 4.90 Å². The highest BCUT2D eigenvalue weighted by Crippen LogP contribution is 2.25. The fourth-order valence-electron chi connectivity index (χ4n) is 1.05. The molecule has 0 aliphatic heterocycles. The second kappa shape index (κ2) is 5.37. The molecule has 0 aliphatic carbocycles. The normalized spacial score (nSPS) is 10.4. The van der Waals surface area contributed by atoms with Crippen LogP contribution in [0.3, 0.4) is 0 Å². The summed E-state index contributed by atoms with van der Waals surface area (Å²) in [6, 6.07) is 3.82. The number of nitrogens with zero attached hydrogens (tertiary/aromatic N) is 1. The van der Waals surface area contributed by atoms with E-state index in [1.165, 1.54) is 18.2 Å². The Bertz CT molecular complexity index is 376. The van der Waals surface area contributed by atoms with E-state index in [-0.39, 0.29) is 23.7 Å². The molecule has 0 radical (unpaired) electrons. The summed E-state index contributed by atoms with van der Waals surface area (Å²) in [5.41, 5.74) is 0.217. The number of likely N-dealkylation sites (N-methyl/N-ethyl adjacent to an activating group) is 1. The van der Waals surface area contributed by atoms with E-state index in [1.54, 1.807) is 0 Å². The Balaban J connectivity index is 2.56. The molecule has 5 nitrogen and oxygen atoms in total. The van der Waals surface area contributed by atoms with Crippen LogP contribution in [0.4, 0.5) is 0 Å². The number of ether oxygens (including phenoxy) is 1. The Morgan fingerprint density at radius 3 is 2.56 bits per heavy atom. The number of hydrogen-bond acceptors (Lipinski definition) is 5. The van der Waals surface area contributed by atoms with Gasteiger partial charge in [-0.2, -0.15) is 0 Å². The Labute approximate surface area is 93.9 Å². The second-order valence-corrected chi connectivity index (χ2v) is 3.64. The summed E-state index contributed by atoms with van der Waals surface area (Å²) in [5, 5.41) is 18.3. The molecule has 0 spiro atoms. The molecule has 1 aromatic rings. The van der Waals surface area contributed by atoms with Crippen molar-refractivity contribution < 1.29 is 19.7 Å². The Morgan fingerprint density at radius 1 is 1.31 bits per heavy atom. The summed E-state index contributed by atoms with van der Waals surface area (Å²) >= 11 is 0. The van der Waals surface area contributed by atoms with Crippen LogP contribution in [0.2, 0.25) is 0 Å². The van der Waals surface area contributed by atoms with Crippen molar-refractivity contribution in [2.24, 2.45) is 0 Å². The molecule has 2 N–H and O–H groups in total. The molecule has 0 saturated heterocycles. The lowest BCUT2D eigenvalue weighted by molar-refractivity contribution is 0.0481. The zero-order valence-electron chi connectivity index (χ0n) is 9.30. The van der Waals surface area contributed by atoms with E-state index < -0.39 is 5.97 Å². The molecule has 1 rings (SSSR count). The maximum atomic E-state index is 11.5. The van der Waals surface area contributed by atoms with E-state index in [0.717, 1.165) is 0 Å². The fraction of sp³-hybridized carbons (Fsp3) is 0.364. The van der Waals surface area contributed by atoms with Crippen molar-refractivity contribution in [3.63, 3.8) is 0 Å². The van der Waals surface area contributed by atoms with Gasteiger partial charge in [-0.15, -0.1) is 0 Å². The van der Waals surface area contributed by atoms with Gasteiger partial charge in [0.1, 0.15) is 6.61 Å². The average molecular weight is 225 g/mol. The first-order chi connectivity index (χ1) is 7.50. The van der Waals surface area contributed by atoms with E-state index >= 15 is 0 Å². The molecule has 0 heterocycles. The number of rotatable bonds is 4. The number of phenols is 2. The quantitative estimate of drug-likeness (QED) is 0.586. The van der Waals surface area contributed by atoms with Crippen LogP contribution in [0.25, 0.3) is 0 Å². The first kappa shape index (κ1) is 12.3. The van der Waals surface area contributed by atoms with Crippen LogP contribution in [0, 0.1) is 0 Å². The van der Waals surface area contributed by atoms with Gasteiger partial charge < -0.3 is 19.8 Å². The van der Waals surface area contributed by atoms with Crippen molar-refractivity contribution in [2.75, 3.05) is 27.2 Å². The summed E-state index contributed by atoms with van der Waals surface area (Å²) in [6.45, 7) is 0.920. The summed E-state index contributed by atoms with van der Waals surface area (Å²) in [6.07, 6.45) is 0. The number of phenolic OH excluding ortho intramolecular Hbond substituents is 2. The van der Waals surface area contributed by atoms with Crippen molar-refractivity contribution in [3.8, 4) is 11.5 Å². The molecule has 0 amide bonds. The Kier molecular flexibility index (Phi) is 4.13. The largest absolute Gasteiger partial charge is 0.504 e. The molecule has 1 aromatic carbocycles. The number of hydrogen-bond donors (Lipinski definition) is 2. The summed E-state index contributed by atoms with van der Waals surface area (Å²) < 4.78 is 4.96. The minimum atomic E-state index is -0.517. The van der Waals surface area contributed by atoms with Crippen LogP contribution in [-0.4, -0.2) is 48.3 Å². The molecular weight excluding hydrogens is 210 g/mol. The van der Waals surface area contributed by atoms with Gasteiger partial charge in [0.15, 0.2) is 11.5 Å². The lowest BCUT2D eigenvalue weighted by atomic mass is 10.2. The van der Waals surface area contributed by atoms with Gasteiger partial charge in [0.05, 0.1) is 5.56 Å². The van der Waals surface area contributed by atoms with Gasteiger partial charge in [0, 0.05) is 6.54 Å². The molecule has 0 atom stereocenters. The van der Waals surface area contributed by atoms with Crippen LogP contribution in [-0.2, 0) is 4.74 Å². The second-order valence-electron chi connectivity index (χ2n) is 3.64. The fourth-order valence-corrected chi connectivity index (χ4v) is 1.05. The third kappa shape index (κ3) is 3.43. The third-order valence-corrected chi connectivity index (χ3v) is 1.98. The molecule has 0 saturated carbocycles. The zero-order chi connectivity index (χ0) is 12.1. The standard InChI is InChI=1S/C11H15NO4/c1-12(2)5-6-16-11(15)8-3-4-9(13)10(14)7-8/h3-4,7,13-14H,5-6H2,1-2H3. The maximum Gasteiger partial charge on any atom is 0.338 e. The lowest BCUT2D eigenvalue weighted by Crippen LogP contribution is -2.20. The van der Waals surface area contributed by atoms with Gasteiger partial charge in [-0.05, 0) is 32.3 Å². The smallest absolute Gasteiger partial charge is 0.338 e. The molecule has 0 unspecified atom stereocenters. The van der Waals surface area contributed by atoms with Gasteiger partial charge in [-0.3, -0.25) is 0 Å². The van der Waals surface area contributed by atoms with Crippen molar-refractivity contribution >= 4 is 5.97 Å². The predicted molar refractivity (Wildman–Crippen MR) is 58.6 cm³/mol. The highest BCUT2D eigenvalue weighted by molar-refractivity contribution is 5.90. The van der Waals surface area contributed by atoms with Gasteiger partial charge in [0.25, 0.3) is 0 Å². The first-order valence-electron chi connectivity index (χ1n) is 4.84. The van der Waals surface area contributed by atoms with Crippen molar-refractivity contribution in [3.05, 3.63) is 23.8 Å². The van der Waals surface area contributed by atoms with E-state index in [4.69, 9.17) is 9.84 Å². The van der Waals surface area contributed by atoms with E-state index in [9.17, 15) is 9.90 Å². The van der Waals surface area contributed by atoms with Crippen molar-refractivity contribution in [1.29, 1.82) is 0 Å². The lowest BCUT2D eigenvalue weighted by Gasteiger charge is -2.10. The molecule has 5 heteroatoms. The maximum absolute atomic E-state index is 11.5. The molecule has 0 aliphatic rings. The highest BCUT2D eigenvalue weighted by atomic mass is 16.5. The van der Waals surface area contributed by atoms with Gasteiger partial charge in [-0.25, -0.2) is 4.79 Å². The SMILES string of the molecule is CN(C)CCOC(=O)c1ccc(O)c(O)c1. The highest BCUT2D eigenvalue weighted by Gasteiger charge is 2.09. The first-order valence-corrected chi connectivity index (χ1v) is 4.84. The van der Waals surface area contributed by atoms with E-state index in [1.807, 2.05) is 19.0 Å². The third-order valence-electron chi connectivity index (χ3n) is 1.98. The number of esters is 1. The molecule has 88 valence electrons. The van der Waals surface area contributed by atoms with Gasteiger partial charge in [-0.1, -0.05) is 0 Å². The van der Waals surface area contributed by atoms with Crippen LogP contribution >= 0.6 is 0 Å². The van der Waals surface area contributed by atoms with E-state index in [2.05, 4.69) is 0 Å². The zero-order valence-corrected chi connectivity index (χ0v) is 9.30. The number of carbonyl (C=O) groups is 1. The predicted octanol–water partition coefficient (Wildman–Crippen LogP) is 0.816. The molecular formula is C11H15NO4. The van der Waals surface area contributed by atoms with Crippen LogP contribution in [0.15, 0.2) is 18.2 Å². The van der Waals surface area contributed by atoms with Crippen molar-refractivity contribution in [2.45, 2.75) is 0 Å². The van der Waals surface area contributed by atoms with Crippen LogP contribution in [0.5, 0.6) is 11.5 Å². The summed E-state index contributed by atoms with van der Waals surface area (Å²) in [7, 11) is 3.75. The monoisotopic (exact) mass is 225 g/mol. The van der Waals surface area contributed by atoms with E-state index in [0.29, 0.717) is 6.54 Å². The molecule has 0 fully saturated rings. The van der Waals surface area contributed by atoms with Crippen LogP contribution < -0.4 is 0 Å². The summed E-state index contributed by atoms with van der Waals surface area (Å²) in [5.74, 6) is -1.11. The Morgan fingerprint density at radius 2 is 2.00 bits per heavy atom. The van der Waals surface area contributed by atoms with Gasteiger partial charge >= 0.3 is 5.97 Å². The molecule has 0 bridgehead atoms. The summed E-state index contributed by atoms with van der Waals surface area (Å²) in [4.78, 5) is 13.3. The molecule has 0 aromatic heterocycles.